The lowest BCUT2D eigenvalue weighted by atomic mass is 9.95. The highest BCUT2D eigenvalue weighted by Gasteiger charge is 2.21. The van der Waals surface area contributed by atoms with E-state index in [2.05, 4.69) is 10.5 Å². The average molecular weight is 268 g/mol. The van der Waals surface area contributed by atoms with Crippen molar-refractivity contribution >= 4 is 5.91 Å². The molecule has 0 aromatic carbocycles. The fraction of sp³-hybridized carbons (Fsp3) is 0.714. The Labute approximate surface area is 114 Å². The Bertz CT molecular complexity index is 409. The van der Waals surface area contributed by atoms with Crippen molar-refractivity contribution in [3.8, 4) is 0 Å². The van der Waals surface area contributed by atoms with E-state index in [0.29, 0.717) is 6.42 Å². The highest BCUT2D eigenvalue weighted by Crippen LogP contribution is 2.25. The summed E-state index contributed by atoms with van der Waals surface area (Å²) < 4.78 is 5.12. The third kappa shape index (κ3) is 4.06. The van der Waals surface area contributed by atoms with E-state index in [0.717, 1.165) is 17.0 Å². The summed E-state index contributed by atoms with van der Waals surface area (Å²) in [5.74, 6) is 0.885. The Kier molecular flexibility index (Phi) is 5.54. The molecule has 0 saturated carbocycles. The molecular formula is C14H24N2O3. The Morgan fingerprint density at radius 1 is 1.37 bits per heavy atom. The van der Waals surface area contributed by atoms with Gasteiger partial charge in [0.2, 0.25) is 5.91 Å². The van der Waals surface area contributed by atoms with Crippen molar-refractivity contribution in [2.24, 2.45) is 5.92 Å². The van der Waals surface area contributed by atoms with E-state index < -0.39 is 0 Å². The van der Waals surface area contributed by atoms with Crippen LogP contribution < -0.4 is 5.32 Å². The van der Waals surface area contributed by atoms with Crippen LogP contribution in [0.1, 0.15) is 50.1 Å². The van der Waals surface area contributed by atoms with Crippen molar-refractivity contribution in [3.05, 3.63) is 17.0 Å². The van der Waals surface area contributed by atoms with Gasteiger partial charge in [0.05, 0.1) is 5.69 Å². The van der Waals surface area contributed by atoms with Gasteiger partial charge >= 0.3 is 0 Å². The number of nitrogens with one attached hydrogen (secondary N) is 1. The molecule has 1 rings (SSSR count). The van der Waals surface area contributed by atoms with Crippen LogP contribution in [0.3, 0.4) is 0 Å². The monoisotopic (exact) mass is 268 g/mol. The normalized spacial score (nSPS) is 15.9. The maximum atomic E-state index is 12.0. The minimum atomic E-state index is -0.0330. The maximum absolute atomic E-state index is 12.0. The van der Waals surface area contributed by atoms with E-state index in [1.807, 2.05) is 34.6 Å². The van der Waals surface area contributed by atoms with E-state index in [9.17, 15) is 4.79 Å². The lowest BCUT2D eigenvalue weighted by molar-refractivity contribution is -0.122. The van der Waals surface area contributed by atoms with E-state index in [-0.39, 0.29) is 30.4 Å². The van der Waals surface area contributed by atoms with Crippen molar-refractivity contribution in [2.45, 2.75) is 53.0 Å². The van der Waals surface area contributed by atoms with E-state index in [4.69, 9.17) is 9.63 Å². The van der Waals surface area contributed by atoms with Crippen LogP contribution in [0.15, 0.2) is 4.52 Å². The van der Waals surface area contributed by atoms with Crippen LogP contribution >= 0.6 is 0 Å². The second kappa shape index (κ2) is 6.70. The summed E-state index contributed by atoms with van der Waals surface area (Å²) in [6.45, 7) is 9.62. The van der Waals surface area contributed by atoms with Crippen LogP contribution in [0.4, 0.5) is 0 Å². The fourth-order valence-corrected chi connectivity index (χ4v) is 2.19. The first-order chi connectivity index (χ1) is 8.86. The number of hydrogen-bond acceptors (Lipinski definition) is 4. The zero-order valence-electron chi connectivity index (χ0n) is 12.4. The SMILES string of the molecule is Cc1noc(C)c1C(C)CC(=O)NC(C)C(C)CO. The Morgan fingerprint density at radius 2 is 2.00 bits per heavy atom. The summed E-state index contributed by atoms with van der Waals surface area (Å²) >= 11 is 0. The third-order valence-corrected chi connectivity index (χ3v) is 3.60. The molecule has 0 aliphatic heterocycles. The maximum Gasteiger partial charge on any atom is 0.220 e. The van der Waals surface area contributed by atoms with Crippen molar-refractivity contribution in [1.29, 1.82) is 0 Å². The molecule has 0 spiro atoms. The summed E-state index contributed by atoms with van der Waals surface area (Å²) in [5.41, 5.74) is 1.85. The molecule has 0 aliphatic rings. The number of rotatable bonds is 6. The quantitative estimate of drug-likeness (QED) is 0.826. The molecule has 0 fully saturated rings. The van der Waals surface area contributed by atoms with Crippen LogP contribution in [0, 0.1) is 19.8 Å². The van der Waals surface area contributed by atoms with Gasteiger partial charge in [-0.2, -0.15) is 0 Å². The molecule has 0 aliphatic carbocycles. The number of aromatic nitrogens is 1. The zero-order chi connectivity index (χ0) is 14.6. The summed E-state index contributed by atoms with van der Waals surface area (Å²) in [4.78, 5) is 12.0. The minimum Gasteiger partial charge on any atom is -0.396 e. The van der Waals surface area contributed by atoms with Gasteiger partial charge in [-0.1, -0.05) is 19.0 Å². The Hall–Kier alpha value is -1.36. The first-order valence-electron chi connectivity index (χ1n) is 6.69. The molecule has 1 aromatic heterocycles. The summed E-state index contributed by atoms with van der Waals surface area (Å²) in [6, 6.07) is -0.0330. The second-order valence-corrected chi connectivity index (χ2v) is 5.36. The number of nitrogens with zero attached hydrogens (tertiary/aromatic N) is 1. The highest BCUT2D eigenvalue weighted by atomic mass is 16.5. The molecule has 1 aromatic rings. The Morgan fingerprint density at radius 3 is 2.47 bits per heavy atom. The standard InChI is InChI=1S/C14H24N2O3/c1-8(14-11(4)16-19-12(14)5)6-13(18)15-10(3)9(2)7-17/h8-10,17H,6-7H2,1-5H3,(H,15,18). The average Bonchev–Trinajstić information content (AvgIpc) is 2.67. The summed E-state index contributed by atoms with van der Waals surface area (Å²) in [5, 5.41) is 15.9. The van der Waals surface area contributed by atoms with Gasteiger partial charge in [0.25, 0.3) is 0 Å². The molecule has 1 heterocycles. The van der Waals surface area contributed by atoms with Gasteiger partial charge in [0.15, 0.2) is 0 Å². The number of aliphatic hydroxyl groups is 1. The smallest absolute Gasteiger partial charge is 0.220 e. The number of aliphatic hydroxyl groups excluding tert-OH is 1. The zero-order valence-corrected chi connectivity index (χ0v) is 12.4. The number of amides is 1. The lowest BCUT2D eigenvalue weighted by Gasteiger charge is -2.20. The summed E-state index contributed by atoms with van der Waals surface area (Å²) in [6.07, 6.45) is 0.394. The molecular weight excluding hydrogens is 244 g/mol. The van der Waals surface area contributed by atoms with Crippen LogP contribution in [0.25, 0.3) is 0 Å². The molecule has 2 N–H and O–H groups in total. The number of carbonyl (C=O) groups is 1. The molecule has 5 heteroatoms. The molecule has 0 bridgehead atoms. The van der Waals surface area contributed by atoms with E-state index >= 15 is 0 Å². The molecule has 3 unspecified atom stereocenters. The summed E-state index contributed by atoms with van der Waals surface area (Å²) in [7, 11) is 0. The van der Waals surface area contributed by atoms with Crippen molar-refractivity contribution in [2.75, 3.05) is 6.61 Å². The van der Waals surface area contributed by atoms with Gasteiger partial charge in [-0.25, -0.2) is 0 Å². The van der Waals surface area contributed by atoms with Crippen LogP contribution in [0.2, 0.25) is 0 Å². The third-order valence-electron chi connectivity index (χ3n) is 3.60. The Balaban J connectivity index is 2.58. The topological polar surface area (TPSA) is 75.4 Å². The van der Waals surface area contributed by atoms with Gasteiger partial charge in [-0.05, 0) is 32.6 Å². The molecule has 19 heavy (non-hydrogen) atoms. The molecule has 1 amide bonds. The minimum absolute atomic E-state index is 0.0136. The molecule has 0 radical (unpaired) electrons. The number of hydrogen-bond donors (Lipinski definition) is 2. The van der Waals surface area contributed by atoms with Crippen LogP contribution in [0.5, 0.6) is 0 Å². The first kappa shape index (κ1) is 15.7. The molecule has 3 atom stereocenters. The van der Waals surface area contributed by atoms with Gasteiger partial charge in [0.1, 0.15) is 5.76 Å². The van der Waals surface area contributed by atoms with Crippen LogP contribution in [-0.4, -0.2) is 28.8 Å². The fourth-order valence-electron chi connectivity index (χ4n) is 2.19. The largest absolute Gasteiger partial charge is 0.396 e. The van der Waals surface area contributed by atoms with Crippen molar-refractivity contribution in [3.63, 3.8) is 0 Å². The number of aryl methyl sites for hydroxylation is 2. The highest BCUT2D eigenvalue weighted by molar-refractivity contribution is 5.77. The van der Waals surface area contributed by atoms with E-state index in [1.165, 1.54) is 0 Å². The second-order valence-electron chi connectivity index (χ2n) is 5.36. The van der Waals surface area contributed by atoms with E-state index in [1.54, 1.807) is 0 Å². The lowest BCUT2D eigenvalue weighted by Crippen LogP contribution is -2.38. The predicted octanol–water partition coefficient (Wildman–Crippen LogP) is 1.92. The van der Waals surface area contributed by atoms with Gasteiger partial charge in [0, 0.05) is 24.6 Å². The molecule has 108 valence electrons. The van der Waals surface area contributed by atoms with Crippen molar-refractivity contribution < 1.29 is 14.4 Å². The van der Waals surface area contributed by atoms with Gasteiger partial charge in [-0.15, -0.1) is 0 Å². The molecule has 0 saturated heterocycles. The van der Waals surface area contributed by atoms with Gasteiger partial charge < -0.3 is 14.9 Å². The van der Waals surface area contributed by atoms with Crippen molar-refractivity contribution in [1.82, 2.24) is 10.5 Å². The molecule has 5 nitrogen and oxygen atoms in total. The first-order valence-corrected chi connectivity index (χ1v) is 6.69. The predicted molar refractivity (Wildman–Crippen MR) is 72.9 cm³/mol. The van der Waals surface area contributed by atoms with Crippen LogP contribution in [-0.2, 0) is 4.79 Å². The number of carbonyl (C=O) groups excluding carboxylic acids is 1. The van der Waals surface area contributed by atoms with Gasteiger partial charge in [-0.3, -0.25) is 4.79 Å².